The average molecular weight is 459 g/mol. The molecule has 3 heteroatoms. The molecule has 5 rings (SSSR count). The zero-order valence-corrected chi connectivity index (χ0v) is 22.2. The van der Waals surface area contributed by atoms with Gasteiger partial charge in [0.05, 0.1) is 18.8 Å². The van der Waals surface area contributed by atoms with E-state index in [1.165, 1.54) is 25.7 Å². The maximum Gasteiger partial charge on any atom is 0.0618 e. The molecular formula is C30H50O3. The Balaban J connectivity index is 1.50. The lowest BCUT2D eigenvalue weighted by Crippen LogP contribution is -2.60. The van der Waals surface area contributed by atoms with E-state index in [-0.39, 0.29) is 35.1 Å². The molecule has 10 atom stereocenters. The Morgan fingerprint density at radius 2 is 1.42 bits per heavy atom. The highest BCUT2D eigenvalue weighted by Gasteiger charge is 2.63. The second kappa shape index (κ2) is 7.56. The van der Waals surface area contributed by atoms with Crippen molar-refractivity contribution in [3.8, 4) is 0 Å². The molecule has 0 spiro atoms. The zero-order chi connectivity index (χ0) is 24.0. The molecule has 0 radical (unpaired) electrons. The van der Waals surface area contributed by atoms with Crippen LogP contribution in [0.3, 0.4) is 0 Å². The van der Waals surface area contributed by atoms with E-state index < -0.39 is 0 Å². The molecule has 0 aliphatic heterocycles. The van der Waals surface area contributed by atoms with Gasteiger partial charge < -0.3 is 15.3 Å². The minimum absolute atomic E-state index is 0.0164. The molecule has 0 saturated heterocycles. The van der Waals surface area contributed by atoms with Crippen molar-refractivity contribution in [1.82, 2.24) is 0 Å². The molecule has 0 aromatic rings. The second-order valence-electron chi connectivity index (χ2n) is 14.8. The van der Waals surface area contributed by atoms with Gasteiger partial charge in [0, 0.05) is 5.41 Å². The number of aliphatic hydroxyl groups excluding tert-OH is 3. The lowest BCUT2D eigenvalue weighted by atomic mass is 9.42. The fourth-order valence-corrected chi connectivity index (χ4v) is 11.0. The summed E-state index contributed by atoms with van der Waals surface area (Å²) in [6.45, 7) is 14.5. The summed E-state index contributed by atoms with van der Waals surface area (Å²) >= 11 is 0. The van der Waals surface area contributed by atoms with Crippen molar-refractivity contribution in [3.05, 3.63) is 11.6 Å². The van der Waals surface area contributed by atoms with Gasteiger partial charge in [0.1, 0.15) is 0 Å². The van der Waals surface area contributed by atoms with Gasteiger partial charge >= 0.3 is 0 Å². The minimum atomic E-state index is -0.378. The van der Waals surface area contributed by atoms with E-state index >= 15 is 0 Å². The van der Waals surface area contributed by atoms with Crippen molar-refractivity contribution in [1.29, 1.82) is 0 Å². The quantitative estimate of drug-likeness (QED) is 0.415. The van der Waals surface area contributed by atoms with Gasteiger partial charge in [0.15, 0.2) is 0 Å². The third-order valence-corrected chi connectivity index (χ3v) is 13.0. The molecular weight excluding hydrogens is 408 g/mol. The van der Waals surface area contributed by atoms with Gasteiger partial charge in [0.25, 0.3) is 0 Å². The van der Waals surface area contributed by atoms with Gasteiger partial charge in [-0.25, -0.2) is 0 Å². The van der Waals surface area contributed by atoms with Gasteiger partial charge in [0.2, 0.25) is 0 Å². The van der Waals surface area contributed by atoms with Crippen molar-refractivity contribution in [2.75, 3.05) is 6.61 Å². The van der Waals surface area contributed by atoms with Crippen LogP contribution in [0, 0.1) is 50.7 Å². The van der Waals surface area contributed by atoms with E-state index in [4.69, 9.17) is 0 Å². The smallest absolute Gasteiger partial charge is 0.0618 e. The third-order valence-electron chi connectivity index (χ3n) is 13.0. The molecule has 188 valence electrons. The molecule has 0 amide bonds. The van der Waals surface area contributed by atoms with Crippen LogP contribution in [-0.2, 0) is 0 Å². The van der Waals surface area contributed by atoms with Gasteiger partial charge in [-0.15, -0.1) is 0 Å². The van der Waals surface area contributed by atoms with Crippen LogP contribution in [0.15, 0.2) is 11.6 Å². The van der Waals surface area contributed by atoms with E-state index in [1.807, 2.05) is 0 Å². The van der Waals surface area contributed by atoms with Gasteiger partial charge in [-0.05, 0) is 110 Å². The molecule has 0 heterocycles. The first-order valence-electron chi connectivity index (χ1n) is 14.0. The maximum atomic E-state index is 10.9. The molecule has 0 aromatic heterocycles. The number of fused-ring (bicyclic) bond motifs is 6. The predicted octanol–water partition coefficient (Wildman–Crippen LogP) is 6.11. The highest BCUT2D eigenvalue weighted by Crippen LogP contribution is 2.70. The number of rotatable bonds is 1. The van der Waals surface area contributed by atoms with Crippen LogP contribution < -0.4 is 0 Å². The summed E-state index contributed by atoms with van der Waals surface area (Å²) in [6, 6.07) is 0. The Kier molecular flexibility index (Phi) is 5.57. The predicted molar refractivity (Wildman–Crippen MR) is 134 cm³/mol. The topological polar surface area (TPSA) is 60.7 Å². The first-order valence-corrected chi connectivity index (χ1v) is 14.0. The van der Waals surface area contributed by atoms with Crippen molar-refractivity contribution >= 4 is 0 Å². The summed E-state index contributed by atoms with van der Waals surface area (Å²) in [5, 5.41) is 32.2. The van der Waals surface area contributed by atoms with E-state index in [2.05, 4.69) is 47.6 Å². The monoisotopic (exact) mass is 458 g/mol. The van der Waals surface area contributed by atoms with Gasteiger partial charge in [-0.1, -0.05) is 53.2 Å². The summed E-state index contributed by atoms with van der Waals surface area (Å²) in [6.07, 6.45) is 13.3. The Morgan fingerprint density at radius 1 is 0.758 bits per heavy atom. The molecule has 5 aliphatic carbocycles. The highest BCUT2D eigenvalue weighted by molar-refractivity contribution is 5.25. The summed E-state index contributed by atoms with van der Waals surface area (Å²) < 4.78 is 0. The summed E-state index contributed by atoms with van der Waals surface area (Å²) in [7, 11) is 0. The molecule has 0 bridgehead atoms. The normalized spacial score (nSPS) is 55.8. The Bertz CT molecular complexity index is 817. The summed E-state index contributed by atoms with van der Waals surface area (Å²) in [5.74, 6) is 2.25. The van der Waals surface area contributed by atoms with Crippen molar-refractivity contribution in [3.63, 3.8) is 0 Å². The van der Waals surface area contributed by atoms with Crippen LogP contribution >= 0.6 is 0 Å². The van der Waals surface area contributed by atoms with Crippen molar-refractivity contribution in [2.24, 2.45) is 50.7 Å². The van der Waals surface area contributed by atoms with Crippen LogP contribution in [0.2, 0.25) is 0 Å². The Morgan fingerprint density at radius 3 is 2.12 bits per heavy atom. The summed E-state index contributed by atoms with van der Waals surface area (Å²) in [4.78, 5) is 0. The van der Waals surface area contributed by atoms with Crippen molar-refractivity contribution < 1.29 is 15.3 Å². The minimum Gasteiger partial charge on any atom is -0.396 e. The number of hydrogen-bond donors (Lipinski definition) is 3. The lowest BCUT2D eigenvalue weighted by Gasteiger charge is -2.64. The van der Waals surface area contributed by atoms with Gasteiger partial charge in [-0.2, -0.15) is 0 Å². The molecule has 3 N–H and O–H groups in total. The van der Waals surface area contributed by atoms with Crippen LogP contribution in [0.4, 0.5) is 0 Å². The van der Waals surface area contributed by atoms with E-state index in [9.17, 15) is 15.3 Å². The Hall–Kier alpha value is -0.380. The van der Waals surface area contributed by atoms with E-state index in [1.54, 1.807) is 5.57 Å². The lowest BCUT2D eigenvalue weighted by molar-refractivity contribution is -0.189. The van der Waals surface area contributed by atoms with Crippen LogP contribution in [-0.4, -0.2) is 34.1 Å². The Labute approximate surface area is 202 Å². The molecule has 4 saturated carbocycles. The largest absolute Gasteiger partial charge is 0.396 e. The fourth-order valence-electron chi connectivity index (χ4n) is 11.0. The SMILES string of the molecule is CC1(C)C(O)CC[C@]2(C)[C@@H]3CC[C@@H]4[C@@](C)(CC[C@@H]5[C@]4(C)CCC(O)[C@]5(C)CO)CC3=CC[C@@H]12. The van der Waals surface area contributed by atoms with Gasteiger partial charge in [-0.3, -0.25) is 0 Å². The zero-order valence-electron chi connectivity index (χ0n) is 22.2. The number of aliphatic hydroxyl groups is 3. The first-order chi connectivity index (χ1) is 15.3. The first kappa shape index (κ1) is 24.3. The highest BCUT2D eigenvalue weighted by atomic mass is 16.3. The molecule has 4 fully saturated rings. The maximum absolute atomic E-state index is 10.9. The molecule has 0 aromatic carbocycles. The molecule has 5 aliphatic rings. The standard InChI is InChI=1S/C30H50O3/c1-26(2)21-9-7-19-17-27(3)14-11-23-29(5,16-13-25(33)30(23,6)18-31)22(27)10-8-20(19)28(21,4)15-12-24(26)32/h7,20-25,31-33H,8-18H2,1-6H3/t20-,21+,22-,23-,24?,25?,27+,28-,29-,30-/m1/s1. The fraction of sp³-hybridized carbons (Fsp3) is 0.933. The molecule has 33 heavy (non-hydrogen) atoms. The van der Waals surface area contributed by atoms with Crippen molar-refractivity contribution in [2.45, 2.75) is 118 Å². The number of hydrogen-bond acceptors (Lipinski definition) is 3. The van der Waals surface area contributed by atoms with E-state index in [0.717, 1.165) is 38.5 Å². The summed E-state index contributed by atoms with van der Waals surface area (Å²) in [5.41, 5.74) is 2.15. The molecule has 3 nitrogen and oxygen atoms in total. The second-order valence-corrected chi connectivity index (χ2v) is 14.8. The van der Waals surface area contributed by atoms with E-state index in [0.29, 0.717) is 34.5 Å². The average Bonchev–Trinajstić information content (AvgIpc) is 2.91. The molecule has 2 unspecified atom stereocenters. The van der Waals surface area contributed by atoms with Crippen LogP contribution in [0.5, 0.6) is 0 Å². The third kappa shape index (κ3) is 3.17. The van der Waals surface area contributed by atoms with Crippen LogP contribution in [0.25, 0.3) is 0 Å². The van der Waals surface area contributed by atoms with Crippen LogP contribution in [0.1, 0.15) is 106 Å². The number of allylic oxidation sites excluding steroid dienone is 2.